The summed E-state index contributed by atoms with van der Waals surface area (Å²) in [5.41, 5.74) is 5.50. The maximum atomic E-state index is 13.5. The van der Waals surface area contributed by atoms with Crippen LogP contribution in [0.15, 0.2) is 58.9 Å². The molecule has 0 spiro atoms. The molecule has 5 rings (SSSR count). The fraction of sp³-hybridized carbons (Fsp3) is 0.400. The number of methoxy groups -OCH3 is 2. The Morgan fingerprint density at radius 3 is 2.16 bits per heavy atom. The number of ether oxygens (including phenoxy) is 3. The standard InChI is InChI=1S/C30H31ClINO5/c1-36-14-13-33-22-5-3-7-24(34)28(22)27(29-23(33)6-4-8-25(29)35)19-15-21(32)30(26(16-19)37-2)38-17-18-9-11-20(31)12-10-18/h9-12,15-16,27H,3-8,13-14,17H2,1-2H3. The van der Waals surface area contributed by atoms with Crippen LogP contribution in [0.4, 0.5) is 0 Å². The highest BCUT2D eigenvalue weighted by Crippen LogP contribution is 2.50. The van der Waals surface area contributed by atoms with Gasteiger partial charge in [-0.25, -0.2) is 0 Å². The van der Waals surface area contributed by atoms with Gasteiger partial charge in [0.2, 0.25) is 0 Å². The van der Waals surface area contributed by atoms with Gasteiger partial charge in [-0.1, -0.05) is 23.7 Å². The van der Waals surface area contributed by atoms with Crippen LogP contribution in [0.1, 0.15) is 55.6 Å². The summed E-state index contributed by atoms with van der Waals surface area (Å²) in [4.78, 5) is 29.2. The van der Waals surface area contributed by atoms with Gasteiger partial charge in [0.05, 0.1) is 17.3 Å². The van der Waals surface area contributed by atoms with Crippen LogP contribution in [0.2, 0.25) is 5.02 Å². The lowest BCUT2D eigenvalue weighted by molar-refractivity contribution is -0.117. The third-order valence-corrected chi connectivity index (χ3v) is 8.54. The molecule has 2 aliphatic carbocycles. The number of carbonyl (C=O) groups excluding carboxylic acids is 2. The highest BCUT2D eigenvalue weighted by atomic mass is 127. The van der Waals surface area contributed by atoms with Crippen molar-refractivity contribution in [1.29, 1.82) is 0 Å². The van der Waals surface area contributed by atoms with Crippen LogP contribution >= 0.6 is 34.2 Å². The summed E-state index contributed by atoms with van der Waals surface area (Å²) >= 11 is 8.27. The first-order valence-corrected chi connectivity index (χ1v) is 14.4. The van der Waals surface area contributed by atoms with E-state index in [-0.39, 0.29) is 11.6 Å². The first-order valence-electron chi connectivity index (χ1n) is 13.0. The quantitative estimate of drug-likeness (QED) is 0.301. The molecule has 0 aromatic heterocycles. The Kier molecular flexibility index (Phi) is 8.45. The number of halogens is 2. The molecule has 0 saturated heterocycles. The van der Waals surface area contributed by atoms with Crippen molar-refractivity contribution in [2.24, 2.45) is 0 Å². The first kappa shape index (κ1) is 27.2. The summed E-state index contributed by atoms with van der Waals surface area (Å²) in [6.07, 6.45) is 4.29. The number of benzene rings is 2. The van der Waals surface area contributed by atoms with Crippen molar-refractivity contribution in [2.45, 2.75) is 51.0 Å². The fourth-order valence-electron chi connectivity index (χ4n) is 5.78. The molecule has 0 saturated carbocycles. The maximum Gasteiger partial charge on any atom is 0.174 e. The van der Waals surface area contributed by atoms with Crippen molar-refractivity contribution in [3.63, 3.8) is 0 Å². The molecule has 0 fully saturated rings. The summed E-state index contributed by atoms with van der Waals surface area (Å²) in [6, 6.07) is 11.5. The lowest BCUT2D eigenvalue weighted by Gasteiger charge is -2.44. The predicted molar refractivity (Wildman–Crippen MR) is 155 cm³/mol. The van der Waals surface area contributed by atoms with Crippen LogP contribution in [0.5, 0.6) is 11.5 Å². The molecule has 3 aliphatic rings. The topological polar surface area (TPSA) is 65.1 Å². The van der Waals surface area contributed by atoms with Crippen molar-refractivity contribution in [2.75, 3.05) is 27.4 Å². The largest absolute Gasteiger partial charge is 0.493 e. The van der Waals surface area contributed by atoms with Gasteiger partial charge < -0.3 is 19.1 Å². The second-order valence-electron chi connectivity index (χ2n) is 9.80. The third kappa shape index (κ3) is 5.25. The molecule has 1 heterocycles. The Bertz CT molecular complexity index is 1270. The van der Waals surface area contributed by atoms with Crippen LogP contribution in [0.3, 0.4) is 0 Å². The highest BCUT2D eigenvalue weighted by molar-refractivity contribution is 14.1. The normalized spacial score (nSPS) is 18.1. The monoisotopic (exact) mass is 647 g/mol. The molecule has 0 radical (unpaired) electrons. The van der Waals surface area contributed by atoms with Gasteiger partial charge in [0.1, 0.15) is 6.61 Å². The molecule has 1 aliphatic heterocycles. The molecule has 0 amide bonds. The van der Waals surface area contributed by atoms with Crippen LogP contribution < -0.4 is 9.47 Å². The molecular weight excluding hydrogens is 617 g/mol. The Morgan fingerprint density at radius 1 is 0.947 bits per heavy atom. The van der Waals surface area contributed by atoms with Crippen LogP contribution in [0.25, 0.3) is 0 Å². The molecule has 2 aromatic rings. The molecule has 0 N–H and O–H groups in total. The minimum absolute atomic E-state index is 0.126. The van der Waals surface area contributed by atoms with Crippen LogP contribution in [-0.4, -0.2) is 43.8 Å². The van der Waals surface area contributed by atoms with Crippen molar-refractivity contribution in [3.8, 4) is 11.5 Å². The van der Waals surface area contributed by atoms with E-state index in [1.807, 2.05) is 36.4 Å². The minimum atomic E-state index is -0.396. The molecule has 0 bridgehead atoms. The number of rotatable bonds is 8. The van der Waals surface area contributed by atoms with Crippen molar-refractivity contribution in [1.82, 2.24) is 4.90 Å². The van der Waals surface area contributed by atoms with E-state index in [1.54, 1.807) is 14.2 Å². The molecule has 8 heteroatoms. The zero-order valence-corrected chi connectivity index (χ0v) is 24.6. The van der Waals surface area contributed by atoms with Gasteiger partial charge in [-0.2, -0.15) is 0 Å². The van der Waals surface area contributed by atoms with Crippen LogP contribution in [0, 0.1) is 3.57 Å². The number of nitrogens with zero attached hydrogens (tertiary/aromatic N) is 1. The molecule has 0 atom stereocenters. The lowest BCUT2D eigenvalue weighted by atomic mass is 9.71. The van der Waals surface area contributed by atoms with E-state index in [1.165, 1.54) is 0 Å². The summed E-state index contributed by atoms with van der Waals surface area (Å²) < 4.78 is 18.2. The number of Topliss-reactive ketones (excluding diaryl/α,β-unsaturated/α-hetero) is 2. The van der Waals surface area contributed by atoms with Gasteiger partial charge in [0.25, 0.3) is 0 Å². The van der Waals surface area contributed by atoms with E-state index < -0.39 is 5.92 Å². The lowest BCUT2D eigenvalue weighted by Crippen LogP contribution is -2.40. The second-order valence-corrected chi connectivity index (χ2v) is 11.4. The maximum absolute atomic E-state index is 13.5. The predicted octanol–water partition coefficient (Wildman–Crippen LogP) is 6.59. The van der Waals surface area contributed by atoms with Gasteiger partial charge in [0.15, 0.2) is 23.1 Å². The minimum Gasteiger partial charge on any atom is -0.493 e. The number of carbonyl (C=O) groups is 2. The summed E-state index contributed by atoms with van der Waals surface area (Å²) in [5, 5.41) is 0.676. The summed E-state index contributed by atoms with van der Waals surface area (Å²) in [6.45, 7) is 1.54. The molecule has 200 valence electrons. The van der Waals surface area contributed by atoms with Crippen molar-refractivity contribution in [3.05, 3.63) is 78.7 Å². The highest BCUT2D eigenvalue weighted by Gasteiger charge is 2.43. The van der Waals surface area contributed by atoms with Gasteiger partial charge in [0, 0.05) is 60.0 Å². The number of allylic oxidation sites excluding steroid dienone is 4. The zero-order valence-electron chi connectivity index (χ0n) is 21.6. The van der Waals surface area contributed by atoms with Gasteiger partial charge in [-0.15, -0.1) is 0 Å². The number of hydrogen-bond acceptors (Lipinski definition) is 6. The van der Waals surface area contributed by atoms with Crippen molar-refractivity contribution >= 4 is 45.8 Å². The Morgan fingerprint density at radius 2 is 1.58 bits per heavy atom. The van der Waals surface area contributed by atoms with E-state index in [2.05, 4.69) is 27.5 Å². The molecule has 0 unspecified atom stereocenters. The summed E-state index contributed by atoms with van der Waals surface area (Å²) in [5.74, 6) is 1.07. The molecule has 6 nitrogen and oxygen atoms in total. The molecule has 2 aromatic carbocycles. The van der Waals surface area contributed by atoms with E-state index in [4.69, 9.17) is 25.8 Å². The van der Waals surface area contributed by atoms with E-state index in [0.717, 1.165) is 62.9 Å². The second kappa shape index (κ2) is 11.8. The average Bonchev–Trinajstić information content (AvgIpc) is 2.91. The van der Waals surface area contributed by atoms with Crippen LogP contribution in [-0.2, 0) is 20.9 Å². The Hall–Kier alpha value is -2.36. The third-order valence-electron chi connectivity index (χ3n) is 7.49. The van der Waals surface area contributed by atoms with E-state index in [0.29, 0.717) is 49.1 Å². The number of ketones is 2. The van der Waals surface area contributed by atoms with Crippen molar-refractivity contribution < 1.29 is 23.8 Å². The zero-order chi connectivity index (χ0) is 26.8. The smallest absolute Gasteiger partial charge is 0.174 e. The fourth-order valence-corrected chi connectivity index (χ4v) is 6.69. The average molecular weight is 648 g/mol. The van der Waals surface area contributed by atoms with E-state index >= 15 is 0 Å². The first-order chi connectivity index (χ1) is 18.4. The van der Waals surface area contributed by atoms with Gasteiger partial charge >= 0.3 is 0 Å². The van der Waals surface area contributed by atoms with Gasteiger partial charge in [-0.3, -0.25) is 9.59 Å². The SMILES string of the molecule is COCCN1C2=C(C(=O)CCC2)C(c2cc(I)c(OCc3ccc(Cl)cc3)c(OC)c2)C2=C1CCCC2=O. The Balaban J connectivity index is 1.58. The van der Waals surface area contributed by atoms with Gasteiger partial charge in [-0.05, 0) is 83.7 Å². The molecule has 38 heavy (non-hydrogen) atoms. The molecular formula is C30H31ClINO5. The van der Waals surface area contributed by atoms with E-state index in [9.17, 15) is 9.59 Å². The Labute approximate surface area is 242 Å². The summed E-state index contributed by atoms with van der Waals surface area (Å²) in [7, 11) is 3.30. The number of hydrogen-bond donors (Lipinski definition) is 0.